The first-order valence-corrected chi connectivity index (χ1v) is 8.06. The summed E-state index contributed by atoms with van der Waals surface area (Å²) in [4.78, 5) is 16.6. The first-order chi connectivity index (χ1) is 11.2. The van der Waals surface area contributed by atoms with E-state index in [-0.39, 0.29) is 6.09 Å². The van der Waals surface area contributed by atoms with E-state index in [0.717, 1.165) is 25.3 Å². The van der Waals surface area contributed by atoms with E-state index in [1.165, 1.54) is 0 Å². The van der Waals surface area contributed by atoms with E-state index in [9.17, 15) is 4.79 Å². The molecule has 0 unspecified atom stereocenters. The van der Waals surface area contributed by atoms with Gasteiger partial charge < -0.3 is 9.64 Å². The molecule has 122 valence electrons. The van der Waals surface area contributed by atoms with Crippen LogP contribution in [0.3, 0.4) is 0 Å². The number of likely N-dealkylation sites (N-methyl/N-ethyl adjacent to an activating group) is 1. The summed E-state index contributed by atoms with van der Waals surface area (Å²) >= 11 is 0. The lowest BCUT2D eigenvalue weighted by Gasteiger charge is -2.26. The number of ether oxygens (including phenoxy) is 1. The van der Waals surface area contributed by atoms with Crippen LogP contribution >= 0.6 is 0 Å². The van der Waals surface area contributed by atoms with Crippen molar-refractivity contribution in [1.82, 2.24) is 4.90 Å². The average molecular weight is 312 g/mol. The van der Waals surface area contributed by atoms with Gasteiger partial charge in [0.25, 0.3) is 0 Å². The van der Waals surface area contributed by atoms with Gasteiger partial charge in [-0.25, -0.2) is 4.79 Å². The van der Waals surface area contributed by atoms with Crippen molar-refractivity contribution >= 4 is 11.8 Å². The Morgan fingerprint density at radius 2 is 1.43 bits per heavy atom. The summed E-state index contributed by atoms with van der Waals surface area (Å²) in [5.41, 5.74) is 0.848. The largest absolute Gasteiger partial charge is 0.419 e. The highest BCUT2D eigenvalue weighted by molar-refractivity contribution is 5.89. The zero-order valence-corrected chi connectivity index (χ0v) is 13.8. The van der Waals surface area contributed by atoms with Gasteiger partial charge in [0, 0.05) is 18.8 Å². The fourth-order valence-electron chi connectivity index (χ4n) is 2.36. The Morgan fingerprint density at radius 3 is 2.00 bits per heavy atom. The number of hydrogen-bond acceptors (Lipinski definition) is 3. The van der Waals surface area contributed by atoms with Gasteiger partial charge in [0.05, 0.1) is 0 Å². The number of hydrogen-bond donors (Lipinski definition) is 0. The SMILES string of the molecule is CCN(CC)CCN(C(=O)Oc1ccccc1)c1ccccc1. The van der Waals surface area contributed by atoms with Crippen LogP contribution in [-0.4, -0.2) is 37.2 Å². The van der Waals surface area contributed by atoms with Gasteiger partial charge in [-0.05, 0) is 37.4 Å². The molecule has 0 atom stereocenters. The summed E-state index contributed by atoms with van der Waals surface area (Å²) < 4.78 is 5.50. The van der Waals surface area contributed by atoms with Crippen LogP contribution in [0, 0.1) is 0 Å². The number of carbonyl (C=O) groups is 1. The number of nitrogens with zero attached hydrogens (tertiary/aromatic N) is 2. The van der Waals surface area contributed by atoms with Gasteiger partial charge in [0.1, 0.15) is 5.75 Å². The van der Waals surface area contributed by atoms with Crippen LogP contribution in [0.15, 0.2) is 60.7 Å². The highest BCUT2D eigenvalue weighted by Gasteiger charge is 2.18. The molecule has 0 aliphatic heterocycles. The lowest BCUT2D eigenvalue weighted by molar-refractivity contribution is 0.205. The van der Waals surface area contributed by atoms with E-state index in [0.29, 0.717) is 12.3 Å². The Balaban J connectivity index is 2.11. The minimum Gasteiger partial charge on any atom is -0.410 e. The molecule has 0 aliphatic rings. The molecular formula is C19H24N2O2. The number of anilines is 1. The van der Waals surface area contributed by atoms with Gasteiger partial charge in [-0.3, -0.25) is 4.90 Å². The van der Waals surface area contributed by atoms with Crippen molar-refractivity contribution in [2.45, 2.75) is 13.8 Å². The highest BCUT2D eigenvalue weighted by Crippen LogP contribution is 2.17. The molecule has 0 saturated carbocycles. The lowest BCUT2D eigenvalue weighted by atomic mass is 10.3. The maximum absolute atomic E-state index is 12.6. The van der Waals surface area contributed by atoms with Crippen molar-refractivity contribution < 1.29 is 9.53 Å². The summed E-state index contributed by atoms with van der Waals surface area (Å²) in [6.07, 6.45) is -0.352. The summed E-state index contributed by atoms with van der Waals surface area (Å²) in [5, 5.41) is 0. The Hall–Kier alpha value is -2.33. The number of rotatable bonds is 7. The molecule has 4 heteroatoms. The van der Waals surface area contributed by atoms with Crippen LogP contribution in [-0.2, 0) is 0 Å². The Bertz CT molecular complexity index is 583. The van der Waals surface area contributed by atoms with E-state index in [2.05, 4.69) is 18.7 Å². The van der Waals surface area contributed by atoms with Gasteiger partial charge in [-0.1, -0.05) is 50.2 Å². The molecule has 0 aromatic heterocycles. The topological polar surface area (TPSA) is 32.8 Å². The maximum Gasteiger partial charge on any atom is 0.419 e. The van der Waals surface area contributed by atoms with Crippen LogP contribution in [0.5, 0.6) is 5.75 Å². The van der Waals surface area contributed by atoms with Crippen molar-refractivity contribution in [3.8, 4) is 5.75 Å². The second-order valence-corrected chi connectivity index (χ2v) is 5.20. The predicted molar refractivity (Wildman–Crippen MR) is 94.0 cm³/mol. The van der Waals surface area contributed by atoms with Crippen LogP contribution in [0.2, 0.25) is 0 Å². The van der Waals surface area contributed by atoms with Gasteiger partial charge >= 0.3 is 6.09 Å². The van der Waals surface area contributed by atoms with Crippen molar-refractivity contribution in [3.05, 3.63) is 60.7 Å². The van der Waals surface area contributed by atoms with Crippen molar-refractivity contribution in [1.29, 1.82) is 0 Å². The van der Waals surface area contributed by atoms with Gasteiger partial charge in [-0.15, -0.1) is 0 Å². The van der Waals surface area contributed by atoms with Crippen LogP contribution < -0.4 is 9.64 Å². The fourth-order valence-corrected chi connectivity index (χ4v) is 2.36. The Morgan fingerprint density at radius 1 is 0.870 bits per heavy atom. The number of carbonyl (C=O) groups excluding carboxylic acids is 1. The van der Waals surface area contributed by atoms with Crippen molar-refractivity contribution in [3.63, 3.8) is 0 Å². The third-order valence-corrected chi connectivity index (χ3v) is 3.77. The molecule has 2 rings (SSSR count). The first-order valence-electron chi connectivity index (χ1n) is 8.06. The third kappa shape index (κ3) is 5.11. The molecule has 0 bridgehead atoms. The van der Waals surface area contributed by atoms with E-state index >= 15 is 0 Å². The molecule has 0 heterocycles. The minimum absolute atomic E-state index is 0.352. The number of para-hydroxylation sites is 2. The Labute approximate surface area is 138 Å². The van der Waals surface area contributed by atoms with E-state index in [1.807, 2.05) is 48.5 Å². The Kier molecular flexibility index (Phi) is 6.63. The molecule has 0 N–H and O–H groups in total. The highest BCUT2D eigenvalue weighted by atomic mass is 16.6. The average Bonchev–Trinajstić information content (AvgIpc) is 2.60. The van der Waals surface area contributed by atoms with E-state index in [1.54, 1.807) is 17.0 Å². The molecule has 0 fully saturated rings. The van der Waals surface area contributed by atoms with E-state index in [4.69, 9.17) is 4.74 Å². The van der Waals surface area contributed by atoms with Crippen molar-refractivity contribution in [2.75, 3.05) is 31.1 Å². The lowest BCUT2D eigenvalue weighted by Crippen LogP contribution is -2.40. The summed E-state index contributed by atoms with van der Waals surface area (Å²) in [7, 11) is 0. The zero-order valence-electron chi connectivity index (χ0n) is 13.8. The van der Waals surface area contributed by atoms with Crippen LogP contribution in [0.1, 0.15) is 13.8 Å². The molecule has 0 radical (unpaired) electrons. The molecule has 2 aromatic carbocycles. The molecule has 2 aromatic rings. The van der Waals surface area contributed by atoms with Gasteiger partial charge in [-0.2, -0.15) is 0 Å². The molecule has 0 saturated heterocycles. The van der Waals surface area contributed by atoms with Crippen molar-refractivity contribution in [2.24, 2.45) is 0 Å². The second kappa shape index (κ2) is 8.96. The number of amides is 1. The molecule has 0 aliphatic carbocycles. The fraction of sp³-hybridized carbons (Fsp3) is 0.316. The van der Waals surface area contributed by atoms with Crippen LogP contribution in [0.25, 0.3) is 0 Å². The quantitative estimate of drug-likeness (QED) is 0.773. The zero-order chi connectivity index (χ0) is 16.5. The summed E-state index contributed by atoms with van der Waals surface area (Å²) in [5.74, 6) is 0.557. The smallest absolute Gasteiger partial charge is 0.410 e. The molecular weight excluding hydrogens is 288 g/mol. The van der Waals surface area contributed by atoms with E-state index < -0.39 is 0 Å². The normalized spacial score (nSPS) is 10.6. The molecule has 1 amide bonds. The maximum atomic E-state index is 12.6. The van der Waals surface area contributed by atoms with Gasteiger partial charge in [0.2, 0.25) is 0 Å². The first kappa shape index (κ1) is 17.0. The predicted octanol–water partition coefficient (Wildman–Crippen LogP) is 4.03. The minimum atomic E-state index is -0.352. The summed E-state index contributed by atoms with van der Waals surface area (Å²) in [6, 6.07) is 18.8. The summed E-state index contributed by atoms with van der Waals surface area (Å²) in [6.45, 7) is 7.58. The third-order valence-electron chi connectivity index (χ3n) is 3.77. The standard InChI is InChI=1S/C19H24N2O2/c1-3-20(4-2)15-16-21(17-11-7-5-8-12-17)19(22)23-18-13-9-6-10-14-18/h5-14H,3-4,15-16H2,1-2H3. The number of benzene rings is 2. The monoisotopic (exact) mass is 312 g/mol. The molecule has 4 nitrogen and oxygen atoms in total. The molecule has 0 spiro atoms. The molecule has 23 heavy (non-hydrogen) atoms. The van der Waals surface area contributed by atoms with Crippen LogP contribution in [0.4, 0.5) is 10.5 Å². The van der Waals surface area contributed by atoms with Gasteiger partial charge in [0.15, 0.2) is 0 Å². The second-order valence-electron chi connectivity index (χ2n) is 5.20.